The molecule has 0 aliphatic carbocycles. The number of nitrogens with one attached hydrogen (secondary N) is 2. The fraction of sp³-hybridized carbons (Fsp3) is 0.500. The lowest BCUT2D eigenvalue weighted by Crippen LogP contribution is -2.41. The van der Waals surface area contributed by atoms with Gasteiger partial charge in [0.15, 0.2) is 0 Å². The van der Waals surface area contributed by atoms with E-state index in [9.17, 15) is 0 Å². The number of nitrogens with zero attached hydrogens (tertiary/aromatic N) is 4. The number of aliphatic imine (C=N–C) groups is 1. The van der Waals surface area contributed by atoms with Crippen molar-refractivity contribution >= 4 is 5.96 Å². The topological polar surface area (TPSA) is 93.2 Å². The van der Waals surface area contributed by atoms with Crippen molar-refractivity contribution in [1.82, 2.24) is 25.7 Å². The van der Waals surface area contributed by atoms with E-state index >= 15 is 0 Å². The fourth-order valence-corrected chi connectivity index (χ4v) is 0.845. The maximum atomic E-state index is 5.17. The predicted molar refractivity (Wildman–Crippen MR) is 48.5 cm³/mol. The molecular weight excluding hydrogens is 170 g/mol. The number of hydrogen-bond acceptors (Lipinski definition) is 4. The SMILES string of the molecule is CN=C(NN)NCc1cn(C)nn1. The second kappa shape index (κ2) is 4.41. The van der Waals surface area contributed by atoms with Crippen LogP contribution in [-0.4, -0.2) is 28.0 Å². The average Bonchev–Trinajstić information content (AvgIpc) is 2.53. The molecule has 0 saturated carbocycles. The van der Waals surface area contributed by atoms with Crippen molar-refractivity contribution in [1.29, 1.82) is 0 Å². The van der Waals surface area contributed by atoms with Gasteiger partial charge in [-0.15, -0.1) is 5.10 Å². The first-order chi connectivity index (χ1) is 6.26. The van der Waals surface area contributed by atoms with E-state index in [4.69, 9.17) is 5.84 Å². The van der Waals surface area contributed by atoms with Crippen molar-refractivity contribution in [2.24, 2.45) is 17.9 Å². The summed E-state index contributed by atoms with van der Waals surface area (Å²) < 4.78 is 1.63. The van der Waals surface area contributed by atoms with Crippen molar-refractivity contribution < 1.29 is 0 Å². The molecule has 1 rings (SSSR count). The number of nitrogens with two attached hydrogens (primary N) is 1. The van der Waals surface area contributed by atoms with E-state index in [1.54, 1.807) is 11.7 Å². The lowest BCUT2D eigenvalue weighted by molar-refractivity contribution is 0.711. The molecule has 0 aliphatic rings. The number of hydrazine groups is 1. The van der Waals surface area contributed by atoms with E-state index in [0.29, 0.717) is 12.5 Å². The van der Waals surface area contributed by atoms with Crippen molar-refractivity contribution in [3.05, 3.63) is 11.9 Å². The van der Waals surface area contributed by atoms with Crippen LogP contribution in [0.5, 0.6) is 0 Å². The molecule has 1 heterocycles. The Balaban J connectivity index is 2.43. The summed E-state index contributed by atoms with van der Waals surface area (Å²) in [5, 5.41) is 10.6. The second-order valence-corrected chi connectivity index (χ2v) is 2.45. The highest BCUT2D eigenvalue weighted by Crippen LogP contribution is 1.88. The molecule has 0 aliphatic heterocycles. The maximum absolute atomic E-state index is 5.17. The summed E-state index contributed by atoms with van der Waals surface area (Å²) in [5.41, 5.74) is 3.24. The van der Waals surface area contributed by atoms with E-state index in [2.05, 4.69) is 26.0 Å². The van der Waals surface area contributed by atoms with Crippen LogP contribution in [0.3, 0.4) is 0 Å². The molecule has 7 nitrogen and oxygen atoms in total. The van der Waals surface area contributed by atoms with E-state index in [0.717, 1.165) is 5.69 Å². The Labute approximate surface area is 76.0 Å². The standard InChI is InChI=1S/C6H13N7/c1-8-6(10-7)9-3-5-4-13(2)12-11-5/h4H,3,7H2,1-2H3,(H2,8,9,10). The van der Waals surface area contributed by atoms with Gasteiger partial charge in [-0.3, -0.25) is 15.1 Å². The van der Waals surface area contributed by atoms with Crippen molar-refractivity contribution in [2.75, 3.05) is 7.05 Å². The van der Waals surface area contributed by atoms with Crippen molar-refractivity contribution in [2.45, 2.75) is 6.54 Å². The molecule has 0 aromatic carbocycles. The predicted octanol–water partition coefficient (Wildman–Crippen LogP) is -1.65. The second-order valence-electron chi connectivity index (χ2n) is 2.45. The van der Waals surface area contributed by atoms with E-state index < -0.39 is 0 Å². The molecule has 1 aromatic heterocycles. The van der Waals surface area contributed by atoms with Gasteiger partial charge in [-0.05, 0) is 0 Å². The maximum Gasteiger partial charge on any atom is 0.205 e. The summed E-state index contributed by atoms with van der Waals surface area (Å²) in [6.07, 6.45) is 1.82. The molecule has 0 fully saturated rings. The van der Waals surface area contributed by atoms with Gasteiger partial charge in [-0.25, -0.2) is 5.84 Å². The molecule has 0 saturated heterocycles. The monoisotopic (exact) mass is 183 g/mol. The van der Waals surface area contributed by atoms with E-state index in [-0.39, 0.29) is 0 Å². The van der Waals surface area contributed by atoms with Gasteiger partial charge in [0.1, 0.15) is 5.69 Å². The first-order valence-corrected chi connectivity index (χ1v) is 3.78. The van der Waals surface area contributed by atoms with Crippen LogP contribution in [0.4, 0.5) is 0 Å². The quantitative estimate of drug-likeness (QED) is 0.221. The average molecular weight is 183 g/mol. The zero-order chi connectivity index (χ0) is 9.68. The van der Waals surface area contributed by atoms with Crippen LogP contribution in [0.25, 0.3) is 0 Å². The molecule has 0 unspecified atom stereocenters. The number of aromatic nitrogens is 3. The van der Waals surface area contributed by atoms with Crippen LogP contribution in [0.15, 0.2) is 11.2 Å². The first-order valence-electron chi connectivity index (χ1n) is 3.78. The van der Waals surface area contributed by atoms with Crippen LogP contribution >= 0.6 is 0 Å². The third-order valence-corrected chi connectivity index (χ3v) is 1.45. The van der Waals surface area contributed by atoms with E-state index in [1.165, 1.54) is 0 Å². The molecule has 4 N–H and O–H groups in total. The Morgan fingerprint density at radius 2 is 2.54 bits per heavy atom. The van der Waals surface area contributed by atoms with Crippen LogP contribution in [0.1, 0.15) is 5.69 Å². The molecule has 7 heteroatoms. The fourth-order valence-electron chi connectivity index (χ4n) is 0.845. The number of guanidine groups is 1. The summed E-state index contributed by atoms with van der Waals surface area (Å²) in [6.45, 7) is 0.546. The Bertz CT molecular complexity index is 289. The first kappa shape index (κ1) is 9.46. The van der Waals surface area contributed by atoms with Gasteiger partial charge in [0.25, 0.3) is 0 Å². The summed E-state index contributed by atoms with van der Waals surface area (Å²) >= 11 is 0. The summed E-state index contributed by atoms with van der Waals surface area (Å²) in [6, 6.07) is 0. The van der Waals surface area contributed by atoms with Crippen LogP contribution in [0, 0.1) is 0 Å². The van der Waals surface area contributed by atoms with Gasteiger partial charge in [-0.1, -0.05) is 5.21 Å². The third kappa shape index (κ3) is 2.71. The van der Waals surface area contributed by atoms with Crippen LogP contribution < -0.4 is 16.6 Å². The van der Waals surface area contributed by atoms with Crippen LogP contribution in [0.2, 0.25) is 0 Å². The van der Waals surface area contributed by atoms with Crippen molar-refractivity contribution in [3.8, 4) is 0 Å². The normalized spacial score (nSPS) is 11.5. The Morgan fingerprint density at radius 3 is 3.00 bits per heavy atom. The lowest BCUT2D eigenvalue weighted by Gasteiger charge is -2.04. The third-order valence-electron chi connectivity index (χ3n) is 1.45. The summed E-state index contributed by atoms with van der Waals surface area (Å²) in [5.74, 6) is 5.69. The highest BCUT2D eigenvalue weighted by Gasteiger charge is 1.98. The number of hydrogen-bond donors (Lipinski definition) is 3. The zero-order valence-electron chi connectivity index (χ0n) is 7.65. The molecule has 13 heavy (non-hydrogen) atoms. The van der Waals surface area contributed by atoms with Gasteiger partial charge in [-0.2, -0.15) is 0 Å². The van der Waals surface area contributed by atoms with Gasteiger partial charge in [0.2, 0.25) is 5.96 Å². The molecule has 0 radical (unpaired) electrons. The Morgan fingerprint density at radius 1 is 1.77 bits per heavy atom. The zero-order valence-corrected chi connectivity index (χ0v) is 7.65. The minimum Gasteiger partial charge on any atom is -0.350 e. The smallest absolute Gasteiger partial charge is 0.205 e. The minimum absolute atomic E-state index is 0.519. The molecule has 0 atom stereocenters. The number of aryl methyl sites for hydroxylation is 1. The van der Waals surface area contributed by atoms with Gasteiger partial charge >= 0.3 is 0 Å². The van der Waals surface area contributed by atoms with E-state index in [1.807, 2.05) is 13.2 Å². The largest absolute Gasteiger partial charge is 0.350 e. The highest BCUT2D eigenvalue weighted by molar-refractivity contribution is 5.78. The Hall–Kier alpha value is -1.63. The molecule has 0 spiro atoms. The molecule has 0 amide bonds. The molecule has 1 aromatic rings. The lowest BCUT2D eigenvalue weighted by atomic mass is 10.5. The molecule has 72 valence electrons. The highest BCUT2D eigenvalue weighted by atomic mass is 15.4. The van der Waals surface area contributed by atoms with Gasteiger partial charge in [0, 0.05) is 20.3 Å². The Kier molecular flexibility index (Phi) is 3.21. The van der Waals surface area contributed by atoms with Crippen molar-refractivity contribution in [3.63, 3.8) is 0 Å². The minimum atomic E-state index is 0.519. The summed E-state index contributed by atoms with van der Waals surface area (Å²) in [7, 11) is 3.45. The van der Waals surface area contributed by atoms with Crippen LogP contribution in [-0.2, 0) is 13.6 Å². The van der Waals surface area contributed by atoms with Gasteiger partial charge in [0.05, 0.1) is 6.54 Å². The number of rotatable bonds is 2. The van der Waals surface area contributed by atoms with Gasteiger partial charge < -0.3 is 5.32 Å². The summed E-state index contributed by atoms with van der Waals surface area (Å²) in [4.78, 5) is 3.84. The molecule has 0 bridgehead atoms. The molecular formula is C6H13N7.